The first-order valence-electron chi connectivity index (χ1n) is 11.7. The Kier molecular flexibility index (Phi) is 5.12. The first kappa shape index (κ1) is 21.2. The molecule has 2 aromatic rings. The predicted octanol–water partition coefficient (Wildman–Crippen LogP) is 1.83. The van der Waals surface area contributed by atoms with Crippen LogP contribution in [0.25, 0.3) is 0 Å². The molecule has 3 heterocycles. The number of hydrogen-bond acceptors (Lipinski definition) is 4. The van der Waals surface area contributed by atoms with Crippen LogP contribution in [0.3, 0.4) is 0 Å². The van der Waals surface area contributed by atoms with Crippen LogP contribution in [0.2, 0.25) is 0 Å². The summed E-state index contributed by atoms with van der Waals surface area (Å²) in [4.78, 5) is 40.9. The highest BCUT2D eigenvalue weighted by molar-refractivity contribution is 5.93. The molecule has 5 atom stereocenters. The van der Waals surface area contributed by atoms with Crippen molar-refractivity contribution < 1.29 is 4.79 Å². The summed E-state index contributed by atoms with van der Waals surface area (Å²) in [5.74, 6) is -0.191. The number of likely N-dealkylation sites (tertiary alicyclic amines) is 1. The summed E-state index contributed by atoms with van der Waals surface area (Å²) in [5.41, 5.74) is 0.534. The van der Waals surface area contributed by atoms with E-state index in [0.29, 0.717) is 6.04 Å². The number of hydrogen-bond donors (Lipinski definition) is 1. The number of benzene rings is 1. The van der Waals surface area contributed by atoms with Gasteiger partial charge in [-0.2, -0.15) is 0 Å². The zero-order valence-electron chi connectivity index (χ0n) is 19.1. The van der Waals surface area contributed by atoms with Crippen LogP contribution in [0.5, 0.6) is 0 Å². The molecular formula is C25H32N4O3. The molecule has 1 aliphatic carbocycles. The van der Waals surface area contributed by atoms with Crippen molar-refractivity contribution in [3.8, 4) is 0 Å². The molecule has 1 aromatic heterocycles. The van der Waals surface area contributed by atoms with E-state index >= 15 is 0 Å². The standard InChI is InChI=1S/C25H32N4O3/c1-25-15-19-17(13-16-9-5-4-6-10-16)26-20(25)11-7-8-12-21(25)29(19)23(31)18-14-22(30)28(3)24(32)27(18)2/h4-6,9-10,14,17,19-21,26H,7-8,11-13,15H2,1-3H3/t17-,19+,20-,21+,25-/m1/s1. The average Bonchev–Trinajstić information content (AvgIpc) is 2.94. The van der Waals surface area contributed by atoms with Gasteiger partial charge in [0.1, 0.15) is 5.69 Å². The molecule has 2 bridgehead atoms. The van der Waals surface area contributed by atoms with Gasteiger partial charge in [0.15, 0.2) is 0 Å². The lowest BCUT2D eigenvalue weighted by Gasteiger charge is -2.43. The van der Waals surface area contributed by atoms with Crippen molar-refractivity contribution in [2.45, 2.75) is 69.6 Å². The lowest BCUT2D eigenvalue weighted by molar-refractivity contribution is 0.0599. The number of fused-ring (bicyclic) bond motifs is 1. The molecule has 3 aliphatic rings. The van der Waals surface area contributed by atoms with E-state index in [1.807, 2.05) is 11.0 Å². The number of rotatable bonds is 3. The summed E-state index contributed by atoms with van der Waals surface area (Å²) in [6.45, 7) is 2.32. The van der Waals surface area contributed by atoms with Gasteiger partial charge in [0.25, 0.3) is 11.5 Å². The average molecular weight is 437 g/mol. The number of carbonyl (C=O) groups excluding carboxylic acids is 1. The molecule has 1 N–H and O–H groups in total. The van der Waals surface area contributed by atoms with Crippen molar-refractivity contribution in [3.05, 3.63) is 68.5 Å². The summed E-state index contributed by atoms with van der Waals surface area (Å²) in [6.07, 6.45) is 6.14. The highest BCUT2D eigenvalue weighted by Gasteiger charge is 2.60. The Balaban J connectivity index is 1.58. The van der Waals surface area contributed by atoms with Gasteiger partial charge in [-0.3, -0.25) is 18.7 Å². The van der Waals surface area contributed by atoms with Crippen molar-refractivity contribution in [2.24, 2.45) is 19.5 Å². The molecule has 0 unspecified atom stereocenters. The van der Waals surface area contributed by atoms with Crippen molar-refractivity contribution in [1.82, 2.24) is 19.4 Å². The second kappa shape index (κ2) is 7.73. The zero-order valence-corrected chi connectivity index (χ0v) is 19.1. The van der Waals surface area contributed by atoms with E-state index in [1.165, 1.54) is 23.2 Å². The summed E-state index contributed by atoms with van der Waals surface area (Å²) >= 11 is 0. The largest absolute Gasteiger partial charge is 0.331 e. The van der Waals surface area contributed by atoms with Gasteiger partial charge in [0, 0.05) is 49.7 Å². The van der Waals surface area contributed by atoms with E-state index in [4.69, 9.17) is 0 Å². The number of piperidine rings is 1. The summed E-state index contributed by atoms with van der Waals surface area (Å²) in [6, 6.07) is 12.4. The molecule has 5 rings (SSSR count). The van der Waals surface area contributed by atoms with Crippen molar-refractivity contribution in [1.29, 1.82) is 0 Å². The third-order valence-corrected chi connectivity index (χ3v) is 8.28. The van der Waals surface area contributed by atoms with Gasteiger partial charge >= 0.3 is 5.69 Å². The topological polar surface area (TPSA) is 76.3 Å². The number of nitrogens with zero attached hydrogens (tertiary/aromatic N) is 3. The van der Waals surface area contributed by atoms with Gasteiger partial charge in [-0.1, -0.05) is 50.1 Å². The Morgan fingerprint density at radius 1 is 1.09 bits per heavy atom. The number of nitrogens with one attached hydrogen (secondary N) is 1. The van der Waals surface area contributed by atoms with E-state index in [1.54, 1.807) is 7.05 Å². The van der Waals surface area contributed by atoms with Gasteiger partial charge < -0.3 is 10.2 Å². The van der Waals surface area contributed by atoms with Gasteiger partial charge in [-0.05, 0) is 31.2 Å². The predicted molar refractivity (Wildman–Crippen MR) is 123 cm³/mol. The molecule has 1 saturated carbocycles. The molecule has 7 nitrogen and oxygen atoms in total. The third-order valence-electron chi connectivity index (χ3n) is 8.28. The minimum atomic E-state index is -0.466. The quantitative estimate of drug-likeness (QED) is 0.797. The number of carbonyl (C=O) groups is 1. The van der Waals surface area contributed by atoms with Gasteiger partial charge in [0.05, 0.1) is 0 Å². The smallest absolute Gasteiger partial charge is 0.329 e. The second-order valence-electron chi connectivity index (χ2n) is 10.1. The monoisotopic (exact) mass is 436 g/mol. The molecule has 7 heteroatoms. The first-order chi connectivity index (χ1) is 15.3. The molecule has 170 valence electrons. The van der Waals surface area contributed by atoms with E-state index in [-0.39, 0.29) is 35.1 Å². The van der Waals surface area contributed by atoms with Crippen molar-refractivity contribution in [2.75, 3.05) is 0 Å². The molecule has 2 aliphatic heterocycles. The zero-order chi connectivity index (χ0) is 22.6. The highest BCUT2D eigenvalue weighted by Crippen LogP contribution is 2.52. The summed E-state index contributed by atoms with van der Waals surface area (Å²) in [7, 11) is 3.02. The molecule has 3 fully saturated rings. The lowest BCUT2D eigenvalue weighted by Crippen LogP contribution is -2.57. The minimum absolute atomic E-state index is 0.00260. The third kappa shape index (κ3) is 3.17. The Bertz CT molecular complexity index is 1150. The molecule has 1 aromatic carbocycles. The van der Waals surface area contributed by atoms with Crippen LogP contribution in [0, 0.1) is 5.41 Å². The Morgan fingerprint density at radius 3 is 2.56 bits per heavy atom. The molecular weight excluding hydrogens is 404 g/mol. The SMILES string of the molecule is Cn1c(C(=O)N2[C@H]3CCCC[C@H]4N[C@H](Cc5ccccc5)[C@@H]2C[C@@]34C)cc(=O)n(C)c1=O. The Hall–Kier alpha value is -2.67. The van der Waals surface area contributed by atoms with E-state index in [9.17, 15) is 14.4 Å². The van der Waals surface area contributed by atoms with Gasteiger partial charge in [-0.15, -0.1) is 0 Å². The minimum Gasteiger partial charge on any atom is -0.329 e. The molecule has 32 heavy (non-hydrogen) atoms. The van der Waals surface area contributed by atoms with Gasteiger partial charge in [0.2, 0.25) is 0 Å². The van der Waals surface area contributed by atoms with Crippen LogP contribution in [0.4, 0.5) is 0 Å². The molecule has 0 spiro atoms. The highest BCUT2D eigenvalue weighted by atomic mass is 16.2. The normalized spacial score (nSPS) is 31.4. The molecule has 0 radical (unpaired) electrons. The van der Waals surface area contributed by atoms with Crippen LogP contribution < -0.4 is 16.6 Å². The fraction of sp³-hybridized carbons (Fsp3) is 0.560. The van der Waals surface area contributed by atoms with E-state index < -0.39 is 11.2 Å². The number of amides is 1. The first-order valence-corrected chi connectivity index (χ1v) is 11.7. The van der Waals surface area contributed by atoms with Crippen LogP contribution in [0.1, 0.15) is 55.1 Å². The maximum absolute atomic E-state index is 14.0. The van der Waals surface area contributed by atoms with Crippen molar-refractivity contribution >= 4 is 5.91 Å². The summed E-state index contributed by atoms with van der Waals surface area (Å²) < 4.78 is 2.37. The van der Waals surface area contributed by atoms with Gasteiger partial charge in [-0.25, -0.2) is 4.79 Å². The number of aromatic nitrogens is 2. The fourth-order valence-corrected chi connectivity index (χ4v) is 6.50. The Morgan fingerprint density at radius 2 is 1.81 bits per heavy atom. The van der Waals surface area contributed by atoms with Crippen LogP contribution in [-0.4, -0.2) is 44.1 Å². The van der Waals surface area contributed by atoms with Crippen LogP contribution >= 0.6 is 0 Å². The van der Waals surface area contributed by atoms with E-state index in [2.05, 4.69) is 36.5 Å². The van der Waals surface area contributed by atoms with E-state index in [0.717, 1.165) is 43.1 Å². The van der Waals surface area contributed by atoms with Crippen molar-refractivity contribution in [3.63, 3.8) is 0 Å². The second-order valence-corrected chi connectivity index (χ2v) is 10.1. The maximum Gasteiger partial charge on any atom is 0.331 e. The molecule has 2 saturated heterocycles. The maximum atomic E-state index is 14.0. The lowest BCUT2D eigenvalue weighted by atomic mass is 9.70. The van der Waals surface area contributed by atoms with Crippen LogP contribution in [-0.2, 0) is 20.5 Å². The summed E-state index contributed by atoms with van der Waals surface area (Å²) in [5, 5.41) is 3.93. The van der Waals surface area contributed by atoms with Crippen LogP contribution in [0.15, 0.2) is 46.0 Å². The molecule has 1 amide bonds. The Labute approximate surface area is 188 Å². The fourth-order valence-electron chi connectivity index (χ4n) is 6.50.